The number of aromatic amines is 1. The van der Waals surface area contributed by atoms with E-state index in [9.17, 15) is 15.2 Å². The second-order valence-electron chi connectivity index (χ2n) is 7.81. The molecule has 34 heavy (non-hydrogen) atoms. The van der Waals surface area contributed by atoms with E-state index < -0.39 is 5.78 Å². The standard InChI is InChI=1S/C29H18N2O2S/c30-17-23-24(19-10-3-1-4-11-19)25(26(31-29(23)34)20-12-5-2-6-13-20)28(33)22-16-15-18-9-7-8-14-21(18)27(22)32/h1-16,32H,(H,31,34). The molecule has 5 aromatic rings. The maximum atomic E-state index is 14.2. The van der Waals surface area contributed by atoms with Crippen molar-refractivity contribution in [2.45, 2.75) is 0 Å². The van der Waals surface area contributed by atoms with Gasteiger partial charge in [0.15, 0.2) is 5.78 Å². The van der Waals surface area contributed by atoms with Crippen molar-refractivity contribution in [3.63, 3.8) is 0 Å². The summed E-state index contributed by atoms with van der Waals surface area (Å²) in [4.78, 5) is 17.3. The Hall–Kier alpha value is -4.53. The summed E-state index contributed by atoms with van der Waals surface area (Å²) in [5, 5.41) is 22.5. The highest BCUT2D eigenvalue weighted by Crippen LogP contribution is 2.38. The summed E-state index contributed by atoms with van der Waals surface area (Å²) in [5.41, 5.74) is 3.04. The molecule has 0 fully saturated rings. The summed E-state index contributed by atoms with van der Waals surface area (Å²) in [5.74, 6) is -0.495. The molecule has 4 nitrogen and oxygen atoms in total. The van der Waals surface area contributed by atoms with Crippen molar-refractivity contribution in [3.8, 4) is 34.2 Å². The molecule has 0 saturated heterocycles. The molecule has 0 atom stereocenters. The van der Waals surface area contributed by atoms with Crippen molar-refractivity contribution in [2.75, 3.05) is 0 Å². The maximum absolute atomic E-state index is 14.2. The van der Waals surface area contributed by atoms with Crippen LogP contribution in [0.3, 0.4) is 0 Å². The topological polar surface area (TPSA) is 76.9 Å². The minimum absolute atomic E-state index is 0.0953. The van der Waals surface area contributed by atoms with Gasteiger partial charge in [0.05, 0.1) is 22.4 Å². The van der Waals surface area contributed by atoms with Crippen LogP contribution in [0.5, 0.6) is 5.75 Å². The largest absolute Gasteiger partial charge is 0.507 e. The maximum Gasteiger partial charge on any atom is 0.199 e. The number of H-pyrrole nitrogens is 1. The highest BCUT2D eigenvalue weighted by molar-refractivity contribution is 7.71. The van der Waals surface area contributed by atoms with Crippen molar-refractivity contribution in [1.29, 1.82) is 5.26 Å². The lowest BCUT2D eigenvalue weighted by Gasteiger charge is -2.17. The number of rotatable bonds is 4. The molecule has 1 aromatic heterocycles. The van der Waals surface area contributed by atoms with Crippen molar-refractivity contribution in [1.82, 2.24) is 4.98 Å². The highest BCUT2D eigenvalue weighted by Gasteiger charge is 2.27. The first-order valence-corrected chi connectivity index (χ1v) is 11.1. The number of aromatic nitrogens is 1. The van der Waals surface area contributed by atoms with Crippen molar-refractivity contribution < 1.29 is 9.90 Å². The van der Waals surface area contributed by atoms with Gasteiger partial charge in [0.25, 0.3) is 0 Å². The Morgan fingerprint density at radius 3 is 2.12 bits per heavy atom. The van der Waals surface area contributed by atoms with Crippen molar-refractivity contribution in [3.05, 3.63) is 118 Å². The summed E-state index contributed by atoms with van der Waals surface area (Å²) in [6.07, 6.45) is 0. The van der Waals surface area contributed by atoms with Crippen LogP contribution in [0.2, 0.25) is 0 Å². The second kappa shape index (κ2) is 8.78. The van der Waals surface area contributed by atoms with Crippen molar-refractivity contribution in [2.24, 2.45) is 0 Å². The molecule has 2 N–H and O–H groups in total. The first-order chi connectivity index (χ1) is 16.6. The lowest BCUT2D eigenvalue weighted by atomic mass is 9.87. The Balaban J connectivity index is 1.89. The quantitative estimate of drug-likeness (QED) is 0.224. The van der Waals surface area contributed by atoms with E-state index in [1.165, 1.54) is 0 Å². The number of nitrogens with zero attached hydrogens (tertiary/aromatic N) is 1. The van der Waals surface area contributed by atoms with Crippen LogP contribution < -0.4 is 0 Å². The van der Waals surface area contributed by atoms with E-state index in [4.69, 9.17) is 12.2 Å². The van der Waals surface area contributed by atoms with Crippen LogP contribution in [0.15, 0.2) is 97.1 Å². The number of nitriles is 1. The number of carbonyl (C=O) groups is 1. The van der Waals surface area contributed by atoms with Gasteiger partial charge in [-0.05, 0) is 22.6 Å². The van der Waals surface area contributed by atoms with E-state index in [-0.39, 0.29) is 27.1 Å². The van der Waals surface area contributed by atoms with E-state index in [0.29, 0.717) is 22.2 Å². The Morgan fingerprint density at radius 2 is 1.44 bits per heavy atom. The third-order valence-corrected chi connectivity index (χ3v) is 6.13. The number of phenolic OH excluding ortho intramolecular Hbond substituents is 1. The van der Waals surface area contributed by atoms with Crippen LogP contribution in [0.25, 0.3) is 33.2 Å². The molecule has 0 amide bonds. The van der Waals surface area contributed by atoms with Gasteiger partial charge in [0.1, 0.15) is 16.5 Å². The zero-order valence-electron chi connectivity index (χ0n) is 17.9. The summed E-state index contributed by atoms with van der Waals surface area (Å²) in [6.45, 7) is 0. The van der Waals surface area contributed by atoms with Crippen molar-refractivity contribution >= 4 is 28.8 Å². The number of benzene rings is 4. The fraction of sp³-hybridized carbons (Fsp3) is 0. The first kappa shape index (κ1) is 21.3. The average Bonchev–Trinajstić information content (AvgIpc) is 2.89. The zero-order valence-corrected chi connectivity index (χ0v) is 18.8. The number of fused-ring (bicyclic) bond motifs is 1. The molecule has 0 aliphatic heterocycles. The van der Waals surface area contributed by atoms with Crippen LogP contribution in [0, 0.1) is 16.0 Å². The summed E-state index contributed by atoms with van der Waals surface area (Å²) >= 11 is 5.54. The predicted octanol–water partition coefficient (Wildman–Crippen LogP) is 7.04. The molecule has 0 aliphatic rings. The number of ketones is 1. The Kier molecular flexibility index (Phi) is 5.51. The van der Waals surface area contributed by atoms with Gasteiger partial charge >= 0.3 is 0 Å². The monoisotopic (exact) mass is 458 g/mol. The zero-order chi connectivity index (χ0) is 23.7. The van der Waals surface area contributed by atoms with Gasteiger partial charge in [-0.3, -0.25) is 4.79 Å². The van der Waals surface area contributed by atoms with Crippen LogP contribution in [0.4, 0.5) is 0 Å². The SMILES string of the molecule is N#Cc1c(-c2ccccc2)c(C(=O)c2ccc3ccccc3c2O)c(-c2ccccc2)[nH]c1=S. The third-order valence-electron chi connectivity index (χ3n) is 5.82. The number of hydrogen-bond acceptors (Lipinski definition) is 4. The van der Waals surface area contributed by atoms with Gasteiger partial charge in [0.2, 0.25) is 0 Å². The molecule has 0 saturated carbocycles. The number of nitrogens with one attached hydrogen (secondary N) is 1. The Morgan fingerprint density at radius 1 is 0.824 bits per heavy atom. The summed E-state index contributed by atoms with van der Waals surface area (Å²) in [7, 11) is 0. The molecule has 0 spiro atoms. The molecule has 5 heteroatoms. The molecule has 0 aliphatic carbocycles. The molecule has 0 radical (unpaired) electrons. The number of phenols is 1. The van der Waals surface area contributed by atoms with Crippen LogP contribution in [-0.2, 0) is 0 Å². The number of carbonyl (C=O) groups excluding carboxylic acids is 1. The van der Waals surface area contributed by atoms with E-state index in [2.05, 4.69) is 11.1 Å². The minimum atomic E-state index is -0.399. The number of hydrogen-bond donors (Lipinski definition) is 2. The first-order valence-electron chi connectivity index (χ1n) is 10.7. The van der Waals surface area contributed by atoms with E-state index in [1.54, 1.807) is 12.1 Å². The highest BCUT2D eigenvalue weighted by atomic mass is 32.1. The van der Waals surface area contributed by atoms with Crippen LogP contribution in [-0.4, -0.2) is 15.9 Å². The molecule has 0 unspecified atom stereocenters. The molecule has 5 rings (SSSR count). The van der Waals surface area contributed by atoms with Gasteiger partial charge < -0.3 is 10.1 Å². The second-order valence-corrected chi connectivity index (χ2v) is 8.22. The third kappa shape index (κ3) is 3.57. The Labute approximate surface area is 201 Å². The predicted molar refractivity (Wildman–Crippen MR) is 136 cm³/mol. The van der Waals surface area contributed by atoms with Gasteiger partial charge in [-0.25, -0.2) is 0 Å². The van der Waals surface area contributed by atoms with Gasteiger partial charge in [-0.15, -0.1) is 0 Å². The molecule has 4 aromatic carbocycles. The molecule has 0 bridgehead atoms. The van der Waals surface area contributed by atoms with E-state index in [0.717, 1.165) is 10.9 Å². The van der Waals surface area contributed by atoms with Gasteiger partial charge in [0, 0.05) is 10.9 Å². The van der Waals surface area contributed by atoms with Crippen LogP contribution >= 0.6 is 12.2 Å². The fourth-order valence-electron chi connectivity index (χ4n) is 4.22. The lowest BCUT2D eigenvalue weighted by molar-refractivity contribution is 0.103. The van der Waals surface area contributed by atoms with Crippen LogP contribution in [0.1, 0.15) is 21.5 Å². The Bertz CT molecular complexity index is 1650. The van der Waals surface area contributed by atoms with Gasteiger partial charge in [-0.1, -0.05) is 103 Å². The minimum Gasteiger partial charge on any atom is -0.507 e. The molecule has 162 valence electrons. The van der Waals surface area contributed by atoms with E-state index in [1.807, 2.05) is 84.9 Å². The molecular weight excluding hydrogens is 440 g/mol. The summed E-state index contributed by atoms with van der Waals surface area (Å²) in [6, 6.07) is 31.6. The lowest BCUT2D eigenvalue weighted by Crippen LogP contribution is -2.10. The number of pyridine rings is 1. The van der Waals surface area contributed by atoms with E-state index >= 15 is 0 Å². The molecular formula is C29H18N2O2S. The normalized spacial score (nSPS) is 10.7. The van der Waals surface area contributed by atoms with Gasteiger partial charge in [-0.2, -0.15) is 5.26 Å². The summed E-state index contributed by atoms with van der Waals surface area (Å²) < 4.78 is 0.250. The molecule has 1 heterocycles. The number of aromatic hydroxyl groups is 1. The average molecular weight is 459 g/mol. The fourth-order valence-corrected chi connectivity index (χ4v) is 4.47. The smallest absolute Gasteiger partial charge is 0.199 e.